The van der Waals surface area contributed by atoms with Crippen molar-refractivity contribution in [2.45, 2.75) is 16.2 Å². The van der Waals surface area contributed by atoms with Gasteiger partial charge in [0.1, 0.15) is 4.90 Å². The van der Waals surface area contributed by atoms with E-state index in [1.54, 1.807) is 34.9 Å². The fourth-order valence-electron chi connectivity index (χ4n) is 2.92. The number of carbonyl (C=O) groups excluding carboxylic acids is 1. The van der Waals surface area contributed by atoms with Crippen molar-refractivity contribution in [3.05, 3.63) is 58.6 Å². The van der Waals surface area contributed by atoms with E-state index in [9.17, 15) is 13.2 Å². The Hall–Kier alpha value is -1.25. The maximum Gasteiger partial charge on any atom is 0.244 e. The van der Waals surface area contributed by atoms with Gasteiger partial charge in [-0.2, -0.15) is 4.31 Å². The molecule has 9 heteroatoms. The molecule has 0 radical (unpaired) electrons. The molecule has 2 aromatic carbocycles. The van der Waals surface area contributed by atoms with Crippen LogP contribution in [0.5, 0.6) is 0 Å². The molecule has 3 rings (SSSR count). The van der Waals surface area contributed by atoms with Crippen LogP contribution in [0.2, 0.25) is 10.0 Å². The van der Waals surface area contributed by atoms with Crippen molar-refractivity contribution < 1.29 is 13.2 Å². The van der Waals surface area contributed by atoms with Crippen LogP contribution in [0.1, 0.15) is 6.42 Å². The molecule has 0 aliphatic carbocycles. The van der Waals surface area contributed by atoms with Crippen molar-refractivity contribution in [3.8, 4) is 0 Å². The third-order valence-electron chi connectivity index (χ3n) is 4.44. The molecule has 0 N–H and O–H groups in total. The van der Waals surface area contributed by atoms with Gasteiger partial charge < -0.3 is 4.90 Å². The first-order valence-electron chi connectivity index (χ1n) is 8.79. The van der Waals surface area contributed by atoms with Crippen LogP contribution >= 0.6 is 35.0 Å². The van der Waals surface area contributed by atoms with Gasteiger partial charge in [0.25, 0.3) is 0 Å². The van der Waals surface area contributed by atoms with Crippen LogP contribution in [0.15, 0.2) is 58.3 Å². The van der Waals surface area contributed by atoms with Gasteiger partial charge in [-0.15, -0.1) is 11.8 Å². The van der Waals surface area contributed by atoms with Gasteiger partial charge in [0.2, 0.25) is 15.9 Å². The summed E-state index contributed by atoms with van der Waals surface area (Å²) in [6.45, 7) is 1.30. The molecule has 0 spiro atoms. The summed E-state index contributed by atoms with van der Waals surface area (Å²) in [5.41, 5.74) is 0. The highest BCUT2D eigenvalue weighted by molar-refractivity contribution is 7.99. The summed E-state index contributed by atoms with van der Waals surface area (Å²) in [6, 6.07) is 13.9. The molecule has 0 bridgehead atoms. The quantitative estimate of drug-likeness (QED) is 0.613. The summed E-state index contributed by atoms with van der Waals surface area (Å²) < 4.78 is 26.9. The molecule has 0 aromatic heterocycles. The van der Waals surface area contributed by atoms with Crippen molar-refractivity contribution in [2.75, 3.05) is 31.9 Å². The molecule has 5 nitrogen and oxygen atoms in total. The number of amides is 1. The molecule has 1 aliphatic heterocycles. The topological polar surface area (TPSA) is 57.7 Å². The van der Waals surface area contributed by atoms with Gasteiger partial charge in [0.05, 0.1) is 5.02 Å². The number of nitrogens with zero attached hydrogens (tertiary/aromatic N) is 2. The first kappa shape index (κ1) is 21.5. The third kappa shape index (κ3) is 5.21. The highest BCUT2D eigenvalue weighted by atomic mass is 35.5. The largest absolute Gasteiger partial charge is 0.340 e. The van der Waals surface area contributed by atoms with Gasteiger partial charge in [-0.25, -0.2) is 8.42 Å². The Morgan fingerprint density at radius 3 is 2.25 bits per heavy atom. The molecule has 0 atom stereocenters. The minimum Gasteiger partial charge on any atom is -0.340 e. The Balaban J connectivity index is 1.50. The standard InChI is InChI=1S/C19H20Cl2N2O3S2/c20-15-5-7-16(8-6-15)27-14-9-19(24)22-10-12-23(13-11-22)28(25,26)18-4-2-1-3-17(18)21/h1-8H,9-14H2. The van der Waals surface area contributed by atoms with E-state index in [1.165, 1.54) is 10.4 Å². The van der Waals surface area contributed by atoms with Gasteiger partial charge in [-0.1, -0.05) is 35.3 Å². The molecule has 2 aromatic rings. The zero-order valence-electron chi connectivity index (χ0n) is 15.1. The van der Waals surface area contributed by atoms with Crippen LogP contribution in [-0.4, -0.2) is 55.5 Å². The number of sulfonamides is 1. The third-order valence-corrected chi connectivity index (χ3v) is 8.11. The summed E-state index contributed by atoms with van der Waals surface area (Å²) in [4.78, 5) is 15.3. The Bertz CT molecular complexity index is 928. The van der Waals surface area contributed by atoms with E-state index in [-0.39, 0.29) is 28.9 Å². The van der Waals surface area contributed by atoms with Crippen molar-refractivity contribution in [1.82, 2.24) is 9.21 Å². The van der Waals surface area contributed by atoms with Gasteiger partial charge in [-0.3, -0.25) is 4.79 Å². The zero-order chi connectivity index (χ0) is 20.1. The van der Waals surface area contributed by atoms with Gasteiger partial charge in [-0.05, 0) is 36.4 Å². The van der Waals surface area contributed by atoms with E-state index in [2.05, 4.69) is 0 Å². The second-order valence-corrected chi connectivity index (χ2v) is 10.2. The zero-order valence-corrected chi connectivity index (χ0v) is 18.2. The number of carbonyl (C=O) groups is 1. The van der Waals surface area contributed by atoms with Crippen LogP contribution in [0.4, 0.5) is 0 Å². The molecule has 0 saturated carbocycles. The Morgan fingerprint density at radius 1 is 0.964 bits per heavy atom. The smallest absolute Gasteiger partial charge is 0.244 e. The predicted molar refractivity (Wildman–Crippen MR) is 114 cm³/mol. The van der Waals surface area contributed by atoms with E-state index in [0.29, 0.717) is 30.3 Å². The van der Waals surface area contributed by atoms with Crippen LogP contribution in [0, 0.1) is 0 Å². The average Bonchev–Trinajstić information content (AvgIpc) is 2.69. The van der Waals surface area contributed by atoms with Crippen molar-refractivity contribution in [3.63, 3.8) is 0 Å². The van der Waals surface area contributed by atoms with E-state index in [4.69, 9.17) is 23.2 Å². The average molecular weight is 459 g/mol. The molecular weight excluding hydrogens is 439 g/mol. The molecule has 0 unspecified atom stereocenters. The van der Waals surface area contributed by atoms with Crippen LogP contribution in [0.3, 0.4) is 0 Å². The van der Waals surface area contributed by atoms with Crippen LogP contribution < -0.4 is 0 Å². The molecule has 150 valence electrons. The van der Waals surface area contributed by atoms with Gasteiger partial charge >= 0.3 is 0 Å². The maximum absolute atomic E-state index is 12.8. The first-order valence-corrected chi connectivity index (χ1v) is 12.0. The summed E-state index contributed by atoms with van der Waals surface area (Å²) in [5, 5.41) is 0.894. The summed E-state index contributed by atoms with van der Waals surface area (Å²) in [6.07, 6.45) is 0.407. The fraction of sp³-hybridized carbons (Fsp3) is 0.316. The van der Waals surface area contributed by atoms with Gasteiger partial charge in [0, 0.05) is 48.3 Å². The molecule has 1 amide bonds. The van der Waals surface area contributed by atoms with Gasteiger partial charge in [0.15, 0.2) is 0 Å². The minimum atomic E-state index is -3.65. The lowest BCUT2D eigenvalue weighted by Crippen LogP contribution is -2.50. The fourth-order valence-corrected chi connectivity index (χ4v) is 5.80. The first-order chi connectivity index (χ1) is 13.4. The number of halogens is 2. The molecule has 1 aliphatic rings. The van der Waals surface area contributed by atoms with E-state index >= 15 is 0 Å². The number of piperazine rings is 1. The second-order valence-electron chi connectivity index (χ2n) is 6.27. The maximum atomic E-state index is 12.8. The minimum absolute atomic E-state index is 0.0382. The lowest BCUT2D eigenvalue weighted by atomic mass is 10.3. The predicted octanol–water partition coefficient (Wildman–Crippen LogP) is 4.01. The SMILES string of the molecule is O=C(CCSc1ccc(Cl)cc1)N1CCN(S(=O)(=O)c2ccccc2Cl)CC1. The summed E-state index contributed by atoms with van der Waals surface area (Å²) in [7, 11) is -3.65. The van der Waals surface area contributed by atoms with E-state index < -0.39 is 10.0 Å². The van der Waals surface area contributed by atoms with Crippen molar-refractivity contribution >= 4 is 50.9 Å². The number of thioether (sulfide) groups is 1. The molecule has 1 fully saturated rings. The Labute approximate surface area is 179 Å². The lowest BCUT2D eigenvalue weighted by molar-refractivity contribution is -0.131. The van der Waals surface area contributed by atoms with Crippen LogP contribution in [0.25, 0.3) is 0 Å². The van der Waals surface area contributed by atoms with Crippen molar-refractivity contribution in [1.29, 1.82) is 0 Å². The molecular formula is C19H20Cl2N2O3S2. The monoisotopic (exact) mass is 458 g/mol. The summed E-state index contributed by atoms with van der Waals surface area (Å²) in [5.74, 6) is 0.703. The molecule has 28 heavy (non-hydrogen) atoms. The number of rotatable bonds is 6. The summed E-state index contributed by atoms with van der Waals surface area (Å²) >= 11 is 13.5. The van der Waals surface area contributed by atoms with E-state index in [1.807, 2.05) is 24.3 Å². The lowest BCUT2D eigenvalue weighted by Gasteiger charge is -2.34. The van der Waals surface area contributed by atoms with Crippen LogP contribution in [-0.2, 0) is 14.8 Å². The van der Waals surface area contributed by atoms with E-state index in [0.717, 1.165) is 4.90 Å². The highest BCUT2D eigenvalue weighted by Crippen LogP contribution is 2.25. The highest BCUT2D eigenvalue weighted by Gasteiger charge is 2.31. The van der Waals surface area contributed by atoms with Crippen molar-refractivity contribution in [2.24, 2.45) is 0 Å². The Kier molecular flexibility index (Phi) is 7.28. The number of hydrogen-bond acceptors (Lipinski definition) is 4. The molecule has 1 saturated heterocycles. The number of benzene rings is 2. The second kappa shape index (κ2) is 9.50. The normalized spacial score (nSPS) is 15.6. The Morgan fingerprint density at radius 2 is 1.61 bits per heavy atom. The number of hydrogen-bond donors (Lipinski definition) is 0. The molecule has 1 heterocycles.